The molecule has 0 spiro atoms. The predicted octanol–water partition coefficient (Wildman–Crippen LogP) is 3.52. The van der Waals surface area contributed by atoms with E-state index in [-0.39, 0.29) is 23.9 Å². The van der Waals surface area contributed by atoms with E-state index in [0.717, 1.165) is 17.7 Å². The minimum Gasteiger partial charge on any atom is -0.496 e. The van der Waals surface area contributed by atoms with Crippen LogP contribution in [0.1, 0.15) is 40.8 Å². The SMILES string of the molecule is COc1ccccc1CC(C)CC(=O)N(C)Cc1cc(C(=O)O)c(C)o1. The summed E-state index contributed by atoms with van der Waals surface area (Å²) < 4.78 is 10.8. The lowest BCUT2D eigenvalue weighted by Crippen LogP contribution is -2.27. The number of para-hydroxylation sites is 1. The number of aryl methyl sites for hydroxylation is 1. The Kier molecular flexibility index (Phi) is 6.44. The standard InChI is InChI=1S/C20H25NO5/c1-13(9-15-7-5-6-8-18(15)25-4)10-19(22)21(3)12-16-11-17(20(23)24)14(2)26-16/h5-8,11,13H,9-10,12H2,1-4H3,(H,23,24). The highest BCUT2D eigenvalue weighted by molar-refractivity contribution is 5.88. The summed E-state index contributed by atoms with van der Waals surface area (Å²) in [6.45, 7) is 3.87. The van der Waals surface area contributed by atoms with Gasteiger partial charge in [-0.2, -0.15) is 0 Å². The Balaban J connectivity index is 1.94. The summed E-state index contributed by atoms with van der Waals surface area (Å²) in [5, 5.41) is 9.07. The van der Waals surface area contributed by atoms with Crippen LogP contribution in [-0.2, 0) is 17.8 Å². The number of hydrogen-bond acceptors (Lipinski definition) is 4. The van der Waals surface area contributed by atoms with Crippen LogP contribution in [-0.4, -0.2) is 36.0 Å². The van der Waals surface area contributed by atoms with E-state index in [2.05, 4.69) is 0 Å². The average Bonchev–Trinajstić information content (AvgIpc) is 2.95. The molecule has 1 heterocycles. The summed E-state index contributed by atoms with van der Waals surface area (Å²) in [6, 6.07) is 9.26. The molecule has 6 heteroatoms. The quantitative estimate of drug-likeness (QED) is 0.780. The molecule has 1 atom stereocenters. The van der Waals surface area contributed by atoms with Crippen LogP contribution >= 0.6 is 0 Å². The molecule has 1 aromatic heterocycles. The Morgan fingerprint density at radius 1 is 1.31 bits per heavy atom. The van der Waals surface area contributed by atoms with Crippen molar-refractivity contribution >= 4 is 11.9 Å². The van der Waals surface area contributed by atoms with Crippen molar-refractivity contribution in [2.24, 2.45) is 5.92 Å². The monoisotopic (exact) mass is 359 g/mol. The van der Waals surface area contributed by atoms with Gasteiger partial charge in [0.25, 0.3) is 0 Å². The van der Waals surface area contributed by atoms with Crippen LogP contribution in [0, 0.1) is 12.8 Å². The van der Waals surface area contributed by atoms with E-state index < -0.39 is 5.97 Å². The van der Waals surface area contributed by atoms with Crippen LogP contribution in [0.4, 0.5) is 0 Å². The summed E-state index contributed by atoms with van der Waals surface area (Å²) in [7, 11) is 3.33. The minimum absolute atomic E-state index is 0.0154. The number of nitrogens with zero attached hydrogens (tertiary/aromatic N) is 1. The number of hydrogen-bond donors (Lipinski definition) is 1. The number of benzene rings is 1. The Morgan fingerprint density at radius 2 is 2.00 bits per heavy atom. The van der Waals surface area contributed by atoms with Crippen LogP contribution in [0.2, 0.25) is 0 Å². The molecule has 1 aromatic carbocycles. The molecule has 1 amide bonds. The second-order valence-electron chi connectivity index (χ2n) is 6.56. The van der Waals surface area contributed by atoms with Gasteiger partial charge in [-0.15, -0.1) is 0 Å². The lowest BCUT2D eigenvalue weighted by molar-refractivity contribution is -0.131. The van der Waals surface area contributed by atoms with Crippen molar-refractivity contribution in [3.63, 3.8) is 0 Å². The second kappa shape index (κ2) is 8.56. The number of carboxylic acids is 1. The molecular formula is C20H25NO5. The van der Waals surface area contributed by atoms with E-state index in [1.165, 1.54) is 6.07 Å². The van der Waals surface area contributed by atoms with E-state index in [4.69, 9.17) is 14.3 Å². The van der Waals surface area contributed by atoms with Gasteiger partial charge in [-0.05, 0) is 37.0 Å². The number of carboxylic acid groups (broad SMARTS) is 1. The Morgan fingerprint density at radius 3 is 2.62 bits per heavy atom. The highest BCUT2D eigenvalue weighted by atomic mass is 16.5. The molecule has 26 heavy (non-hydrogen) atoms. The molecule has 0 bridgehead atoms. The fraction of sp³-hybridized carbons (Fsp3) is 0.400. The number of amides is 1. The first-order valence-corrected chi connectivity index (χ1v) is 8.50. The van der Waals surface area contributed by atoms with Crippen molar-refractivity contribution in [1.82, 2.24) is 4.90 Å². The maximum atomic E-state index is 12.5. The summed E-state index contributed by atoms with van der Waals surface area (Å²) in [5.74, 6) is 0.739. The molecule has 0 saturated heterocycles. The summed E-state index contributed by atoms with van der Waals surface area (Å²) >= 11 is 0. The number of carbonyl (C=O) groups is 2. The predicted molar refractivity (Wildman–Crippen MR) is 97.4 cm³/mol. The van der Waals surface area contributed by atoms with Crippen LogP contribution in [0.25, 0.3) is 0 Å². The molecule has 0 aliphatic heterocycles. The molecule has 6 nitrogen and oxygen atoms in total. The van der Waals surface area contributed by atoms with Gasteiger partial charge in [-0.3, -0.25) is 4.79 Å². The molecular weight excluding hydrogens is 334 g/mol. The molecule has 1 unspecified atom stereocenters. The highest BCUT2D eigenvalue weighted by Crippen LogP contribution is 2.23. The average molecular weight is 359 g/mol. The van der Waals surface area contributed by atoms with Crippen molar-refractivity contribution in [2.75, 3.05) is 14.2 Å². The van der Waals surface area contributed by atoms with Gasteiger partial charge in [0.1, 0.15) is 22.8 Å². The van der Waals surface area contributed by atoms with E-state index in [9.17, 15) is 9.59 Å². The molecule has 2 rings (SSSR count). The highest BCUT2D eigenvalue weighted by Gasteiger charge is 2.19. The van der Waals surface area contributed by atoms with Gasteiger partial charge in [0.15, 0.2) is 0 Å². The zero-order valence-corrected chi connectivity index (χ0v) is 15.6. The number of furan rings is 1. The first kappa shape index (κ1) is 19.6. The molecule has 0 radical (unpaired) electrons. The zero-order chi connectivity index (χ0) is 19.3. The first-order valence-electron chi connectivity index (χ1n) is 8.50. The summed E-state index contributed by atoms with van der Waals surface area (Å²) in [4.78, 5) is 25.1. The van der Waals surface area contributed by atoms with Crippen LogP contribution in [0.3, 0.4) is 0 Å². The first-order chi connectivity index (χ1) is 12.3. The molecule has 0 aliphatic rings. The minimum atomic E-state index is -1.03. The van der Waals surface area contributed by atoms with Crippen molar-refractivity contribution in [2.45, 2.75) is 33.2 Å². The molecule has 1 N–H and O–H groups in total. The lowest BCUT2D eigenvalue weighted by atomic mass is 9.97. The topological polar surface area (TPSA) is 80.0 Å². The largest absolute Gasteiger partial charge is 0.496 e. The van der Waals surface area contributed by atoms with Crippen molar-refractivity contribution in [3.05, 3.63) is 53.0 Å². The smallest absolute Gasteiger partial charge is 0.339 e. The van der Waals surface area contributed by atoms with Crippen molar-refractivity contribution in [1.29, 1.82) is 0 Å². The molecule has 0 saturated carbocycles. The van der Waals surface area contributed by atoms with Gasteiger partial charge in [0.2, 0.25) is 5.91 Å². The molecule has 140 valence electrons. The fourth-order valence-electron chi connectivity index (χ4n) is 2.93. The zero-order valence-electron chi connectivity index (χ0n) is 15.6. The number of methoxy groups -OCH3 is 1. The third kappa shape index (κ3) is 4.88. The van der Waals surface area contributed by atoms with Gasteiger partial charge in [-0.25, -0.2) is 4.79 Å². The maximum Gasteiger partial charge on any atom is 0.339 e. The Bertz CT molecular complexity index is 780. The Labute approximate surface area is 153 Å². The number of carbonyl (C=O) groups excluding carboxylic acids is 1. The molecule has 2 aromatic rings. The Hall–Kier alpha value is -2.76. The van der Waals surface area contributed by atoms with E-state index >= 15 is 0 Å². The van der Waals surface area contributed by atoms with E-state index in [0.29, 0.717) is 17.9 Å². The third-order valence-electron chi connectivity index (χ3n) is 4.30. The van der Waals surface area contributed by atoms with Crippen LogP contribution in [0.15, 0.2) is 34.7 Å². The molecule has 0 fully saturated rings. The lowest BCUT2D eigenvalue weighted by Gasteiger charge is -2.19. The van der Waals surface area contributed by atoms with E-state index in [1.54, 1.807) is 26.0 Å². The van der Waals surface area contributed by atoms with Gasteiger partial charge in [-0.1, -0.05) is 25.1 Å². The van der Waals surface area contributed by atoms with E-state index in [1.807, 2.05) is 31.2 Å². The second-order valence-corrected chi connectivity index (χ2v) is 6.56. The van der Waals surface area contributed by atoms with Gasteiger partial charge < -0.3 is 19.2 Å². The summed E-state index contributed by atoms with van der Waals surface area (Å²) in [5.41, 5.74) is 1.20. The maximum absolute atomic E-state index is 12.5. The van der Waals surface area contributed by atoms with Crippen molar-refractivity contribution in [3.8, 4) is 5.75 Å². The fourth-order valence-corrected chi connectivity index (χ4v) is 2.93. The van der Waals surface area contributed by atoms with Crippen LogP contribution < -0.4 is 4.74 Å². The normalized spacial score (nSPS) is 11.8. The van der Waals surface area contributed by atoms with Gasteiger partial charge >= 0.3 is 5.97 Å². The number of rotatable bonds is 8. The van der Waals surface area contributed by atoms with Crippen LogP contribution in [0.5, 0.6) is 5.75 Å². The molecule has 0 aliphatic carbocycles. The number of ether oxygens (including phenoxy) is 1. The third-order valence-corrected chi connectivity index (χ3v) is 4.30. The van der Waals surface area contributed by atoms with Crippen molar-refractivity contribution < 1.29 is 23.8 Å². The van der Waals surface area contributed by atoms with Gasteiger partial charge in [0, 0.05) is 13.5 Å². The number of aromatic carboxylic acids is 1. The summed E-state index contributed by atoms with van der Waals surface area (Å²) in [6.07, 6.45) is 1.13. The van der Waals surface area contributed by atoms with Gasteiger partial charge in [0.05, 0.1) is 13.7 Å².